The second kappa shape index (κ2) is 6.26. The fourth-order valence-electron chi connectivity index (χ4n) is 1.44. The van der Waals surface area contributed by atoms with Crippen LogP contribution >= 0.6 is 25.3 Å². The van der Waals surface area contributed by atoms with Crippen LogP contribution in [0.1, 0.15) is 26.7 Å². The lowest BCUT2D eigenvalue weighted by molar-refractivity contribution is 0.127. The van der Waals surface area contributed by atoms with E-state index in [4.69, 9.17) is 9.47 Å². The van der Waals surface area contributed by atoms with Gasteiger partial charge in [0.25, 0.3) is 0 Å². The molecule has 0 aliphatic carbocycles. The van der Waals surface area contributed by atoms with Gasteiger partial charge in [0.05, 0.1) is 12.2 Å². The first-order valence-corrected chi connectivity index (χ1v) is 6.24. The van der Waals surface area contributed by atoms with Gasteiger partial charge in [-0.2, -0.15) is 25.3 Å². The fourth-order valence-corrected chi connectivity index (χ4v) is 1.82. The molecule has 2 aliphatic rings. The first kappa shape index (κ1) is 12.7. The monoisotopic (exact) mass is 236 g/mol. The topological polar surface area (TPSA) is 18.5 Å². The lowest BCUT2D eigenvalue weighted by atomic mass is 10.3. The molecule has 0 saturated carbocycles. The number of ether oxygens (including phenoxy) is 2. The maximum Gasteiger partial charge on any atom is 0.0663 e. The summed E-state index contributed by atoms with van der Waals surface area (Å²) < 4.78 is 10.4. The third kappa shape index (κ3) is 4.01. The van der Waals surface area contributed by atoms with E-state index >= 15 is 0 Å². The van der Waals surface area contributed by atoms with Crippen LogP contribution in [-0.4, -0.2) is 35.9 Å². The van der Waals surface area contributed by atoms with E-state index < -0.39 is 0 Å². The van der Waals surface area contributed by atoms with Gasteiger partial charge in [0.15, 0.2) is 0 Å². The predicted octanol–water partition coefficient (Wildman–Crippen LogP) is 2.19. The number of hydrogen-bond acceptors (Lipinski definition) is 4. The molecule has 2 nitrogen and oxygen atoms in total. The Morgan fingerprint density at radius 3 is 1.29 bits per heavy atom. The van der Waals surface area contributed by atoms with Crippen molar-refractivity contribution in [2.24, 2.45) is 0 Å². The number of hydrogen-bond donors (Lipinski definition) is 2. The van der Waals surface area contributed by atoms with Gasteiger partial charge in [-0.05, 0) is 26.7 Å². The zero-order valence-electron chi connectivity index (χ0n) is 8.85. The van der Waals surface area contributed by atoms with Crippen molar-refractivity contribution in [1.29, 1.82) is 0 Å². The summed E-state index contributed by atoms with van der Waals surface area (Å²) in [5.41, 5.74) is 0. The van der Waals surface area contributed by atoms with Gasteiger partial charge in [0.2, 0.25) is 0 Å². The van der Waals surface area contributed by atoms with Gasteiger partial charge in [0.1, 0.15) is 0 Å². The first-order valence-electron chi connectivity index (χ1n) is 5.20. The summed E-state index contributed by atoms with van der Waals surface area (Å²) in [6, 6.07) is 0. The van der Waals surface area contributed by atoms with Crippen LogP contribution in [0, 0.1) is 0 Å². The van der Waals surface area contributed by atoms with Gasteiger partial charge in [-0.25, -0.2) is 0 Å². The van der Waals surface area contributed by atoms with Crippen molar-refractivity contribution < 1.29 is 9.47 Å². The predicted molar refractivity (Wildman–Crippen MR) is 65.6 cm³/mol. The van der Waals surface area contributed by atoms with Crippen LogP contribution in [0.2, 0.25) is 0 Å². The summed E-state index contributed by atoms with van der Waals surface area (Å²) in [5.74, 6) is 0. The first-order chi connectivity index (χ1) is 6.61. The minimum absolute atomic E-state index is 0.378. The van der Waals surface area contributed by atoms with Crippen molar-refractivity contribution >= 4 is 25.3 Å². The molecule has 0 N–H and O–H groups in total. The third-order valence-electron chi connectivity index (χ3n) is 2.67. The standard InChI is InChI=1S/2C5H10OS/c2*1-4-5(7)2-3-6-4/h2*4-5,7H,2-3H2,1H3. The van der Waals surface area contributed by atoms with Crippen LogP contribution in [0.4, 0.5) is 0 Å². The Hall–Kier alpha value is 0.620. The van der Waals surface area contributed by atoms with Crippen molar-refractivity contribution in [2.75, 3.05) is 13.2 Å². The lowest BCUT2D eigenvalue weighted by Crippen LogP contribution is -2.09. The zero-order valence-corrected chi connectivity index (χ0v) is 10.6. The van der Waals surface area contributed by atoms with Gasteiger partial charge in [-0.15, -0.1) is 0 Å². The minimum Gasteiger partial charge on any atom is -0.377 e. The molecule has 0 spiro atoms. The zero-order chi connectivity index (χ0) is 10.6. The van der Waals surface area contributed by atoms with E-state index in [1.165, 1.54) is 0 Å². The number of rotatable bonds is 0. The van der Waals surface area contributed by atoms with E-state index in [1.54, 1.807) is 0 Å². The molecule has 4 atom stereocenters. The molecule has 2 saturated heterocycles. The Labute approximate surface area is 97.6 Å². The van der Waals surface area contributed by atoms with Crippen molar-refractivity contribution in [3.8, 4) is 0 Å². The van der Waals surface area contributed by atoms with Gasteiger partial charge in [-0.3, -0.25) is 0 Å². The van der Waals surface area contributed by atoms with E-state index in [9.17, 15) is 0 Å². The van der Waals surface area contributed by atoms with E-state index in [-0.39, 0.29) is 0 Å². The average molecular weight is 236 g/mol. The van der Waals surface area contributed by atoms with Gasteiger partial charge >= 0.3 is 0 Å². The van der Waals surface area contributed by atoms with Crippen molar-refractivity contribution in [3.05, 3.63) is 0 Å². The van der Waals surface area contributed by atoms with Gasteiger partial charge in [-0.1, -0.05) is 0 Å². The molecular weight excluding hydrogens is 216 g/mol. The molecule has 0 aromatic carbocycles. The highest BCUT2D eigenvalue weighted by Crippen LogP contribution is 2.17. The average Bonchev–Trinajstić information content (AvgIpc) is 2.67. The Balaban J connectivity index is 0.000000140. The van der Waals surface area contributed by atoms with Crippen LogP contribution in [-0.2, 0) is 9.47 Å². The summed E-state index contributed by atoms with van der Waals surface area (Å²) >= 11 is 8.52. The maximum absolute atomic E-state index is 5.19. The van der Waals surface area contributed by atoms with Crippen molar-refractivity contribution in [1.82, 2.24) is 0 Å². The van der Waals surface area contributed by atoms with Crippen LogP contribution < -0.4 is 0 Å². The molecule has 2 heterocycles. The summed E-state index contributed by atoms with van der Waals surface area (Å²) in [6.45, 7) is 5.92. The molecule has 2 aliphatic heterocycles. The van der Waals surface area contributed by atoms with E-state index in [2.05, 4.69) is 39.1 Å². The van der Waals surface area contributed by atoms with E-state index in [1.807, 2.05) is 0 Å². The molecular formula is C10H20O2S2. The Kier molecular flexibility index (Phi) is 5.67. The normalized spacial score (nSPS) is 42.0. The summed E-state index contributed by atoms with van der Waals surface area (Å²) in [5, 5.41) is 0.972. The van der Waals surface area contributed by atoms with Crippen LogP contribution in [0.3, 0.4) is 0 Å². The largest absolute Gasteiger partial charge is 0.377 e. The molecule has 4 unspecified atom stereocenters. The molecule has 0 amide bonds. The molecule has 0 bridgehead atoms. The third-order valence-corrected chi connectivity index (χ3v) is 4.03. The molecule has 4 heteroatoms. The van der Waals surface area contributed by atoms with E-state index in [0.29, 0.717) is 22.7 Å². The lowest BCUT2D eigenvalue weighted by Gasteiger charge is -2.03. The Morgan fingerprint density at radius 1 is 0.857 bits per heavy atom. The Bertz CT molecular complexity index is 132. The molecule has 2 fully saturated rings. The van der Waals surface area contributed by atoms with Crippen LogP contribution in [0.15, 0.2) is 0 Å². The second-order valence-electron chi connectivity index (χ2n) is 3.86. The minimum atomic E-state index is 0.378. The molecule has 0 radical (unpaired) electrons. The quantitative estimate of drug-likeness (QED) is 0.628. The second-order valence-corrected chi connectivity index (χ2v) is 5.19. The SMILES string of the molecule is CC1OCCC1S.CC1OCCC1S. The highest BCUT2D eigenvalue weighted by atomic mass is 32.1. The van der Waals surface area contributed by atoms with Gasteiger partial charge in [0, 0.05) is 23.7 Å². The fraction of sp³-hybridized carbons (Fsp3) is 1.00. The molecule has 0 aromatic heterocycles. The highest BCUT2D eigenvalue weighted by Gasteiger charge is 2.19. The van der Waals surface area contributed by atoms with Crippen LogP contribution in [0.5, 0.6) is 0 Å². The maximum atomic E-state index is 5.19. The summed E-state index contributed by atoms with van der Waals surface area (Å²) in [7, 11) is 0. The van der Waals surface area contributed by atoms with Crippen molar-refractivity contribution in [2.45, 2.75) is 49.4 Å². The smallest absolute Gasteiger partial charge is 0.0663 e. The molecule has 2 rings (SSSR count). The van der Waals surface area contributed by atoms with E-state index in [0.717, 1.165) is 26.1 Å². The molecule has 0 aromatic rings. The summed E-state index contributed by atoms with van der Waals surface area (Å²) in [4.78, 5) is 0. The van der Waals surface area contributed by atoms with Gasteiger partial charge < -0.3 is 9.47 Å². The molecule has 84 valence electrons. The number of thiol groups is 2. The van der Waals surface area contributed by atoms with Crippen molar-refractivity contribution in [3.63, 3.8) is 0 Å². The highest BCUT2D eigenvalue weighted by molar-refractivity contribution is 7.81. The van der Waals surface area contributed by atoms with Crippen LogP contribution in [0.25, 0.3) is 0 Å². The Morgan fingerprint density at radius 2 is 1.21 bits per heavy atom. The molecule has 14 heavy (non-hydrogen) atoms. The summed E-state index contributed by atoms with van der Waals surface area (Å²) in [6.07, 6.45) is 2.99.